The molecule has 4 heteroatoms. The van der Waals surface area contributed by atoms with Gasteiger partial charge < -0.3 is 10.1 Å². The molecule has 0 bridgehead atoms. The van der Waals surface area contributed by atoms with Crippen molar-refractivity contribution in [3.8, 4) is 5.75 Å². The maximum Gasteiger partial charge on any atom is 0.262 e. The van der Waals surface area contributed by atoms with Gasteiger partial charge in [-0.15, -0.1) is 0 Å². The van der Waals surface area contributed by atoms with Gasteiger partial charge in [0.15, 0.2) is 6.61 Å². The summed E-state index contributed by atoms with van der Waals surface area (Å²) in [5.41, 5.74) is 1.94. The van der Waals surface area contributed by atoms with Gasteiger partial charge in [0.25, 0.3) is 5.91 Å². The molecule has 0 atom stereocenters. The topological polar surface area (TPSA) is 55.4 Å². The Morgan fingerprint density at radius 3 is 2.72 bits per heavy atom. The molecule has 1 fully saturated rings. The number of Topliss-reactive ketones (excluding diaryl/α,β-unsaturated/α-hetero) is 1. The number of hydrogen-bond donors (Lipinski definition) is 1. The number of hydrogen-bond acceptors (Lipinski definition) is 3. The van der Waals surface area contributed by atoms with E-state index in [1.807, 2.05) is 18.2 Å². The molecule has 0 saturated heterocycles. The van der Waals surface area contributed by atoms with Crippen LogP contribution in [0.25, 0.3) is 0 Å². The van der Waals surface area contributed by atoms with Gasteiger partial charge in [-0.3, -0.25) is 9.59 Å². The monoisotopic (exact) mass is 245 g/mol. The van der Waals surface area contributed by atoms with Crippen molar-refractivity contribution in [3.05, 3.63) is 23.8 Å². The predicted octanol–water partition coefficient (Wildman–Crippen LogP) is 2.24. The summed E-state index contributed by atoms with van der Waals surface area (Å²) in [6, 6.07) is 5.90. The van der Waals surface area contributed by atoms with Gasteiger partial charge in [-0.2, -0.15) is 0 Å². The van der Waals surface area contributed by atoms with Crippen molar-refractivity contribution in [1.82, 2.24) is 0 Å². The van der Waals surface area contributed by atoms with E-state index in [0.29, 0.717) is 24.5 Å². The number of carbonyl (C=O) groups is 2. The fourth-order valence-electron chi connectivity index (χ4n) is 2.62. The lowest BCUT2D eigenvalue weighted by atomic mass is 9.83. The fourth-order valence-corrected chi connectivity index (χ4v) is 2.62. The normalized spacial score (nSPS) is 20.0. The zero-order chi connectivity index (χ0) is 12.5. The summed E-state index contributed by atoms with van der Waals surface area (Å²) >= 11 is 0. The summed E-state index contributed by atoms with van der Waals surface area (Å²) in [6.45, 7) is 0.0829. The smallest absolute Gasteiger partial charge is 0.262 e. The van der Waals surface area contributed by atoms with E-state index < -0.39 is 0 Å². The Labute approximate surface area is 105 Å². The third-order valence-electron chi connectivity index (χ3n) is 3.65. The number of benzene rings is 1. The van der Waals surface area contributed by atoms with Gasteiger partial charge >= 0.3 is 0 Å². The standard InChI is InChI=1S/C14H15NO3/c16-11-4-1-9(2-5-11)10-3-6-12-13(7-10)18-8-14(17)15-12/h3,6-7,9H,1-2,4-5,8H2,(H,15,17). The molecule has 94 valence electrons. The first-order valence-electron chi connectivity index (χ1n) is 6.30. The number of carbonyl (C=O) groups excluding carboxylic acids is 2. The lowest BCUT2D eigenvalue weighted by Crippen LogP contribution is -2.25. The summed E-state index contributed by atoms with van der Waals surface area (Å²) in [5.74, 6) is 1.43. The van der Waals surface area contributed by atoms with Crippen LogP contribution in [0.5, 0.6) is 5.75 Å². The Hall–Kier alpha value is -1.84. The molecule has 0 radical (unpaired) electrons. The largest absolute Gasteiger partial charge is 0.482 e. The minimum absolute atomic E-state index is 0.0829. The van der Waals surface area contributed by atoms with E-state index in [1.165, 1.54) is 5.56 Å². The van der Waals surface area contributed by atoms with Gasteiger partial charge in [0.1, 0.15) is 11.5 Å². The second-order valence-corrected chi connectivity index (χ2v) is 4.91. The van der Waals surface area contributed by atoms with E-state index in [2.05, 4.69) is 5.32 Å². The van der Waals surface area contributed by atoms with Crippen LogP contribution in [0.1, 0.15) is 37.2 Å². The fraction of sp³-hybridized carbons (Fsp3) is 0.429. The second kappa shape index (κ2) is 4.44. The van der Waals surface area contributed by atoms with Crippen molar-refractivity contribution in [3.63, 3.8) is 0 Å². The van der Waals surface area contributed by atoms with Crippen molar-refractivity contribution < 1.29 is 14.3 Å². The molecule has 2 aliphatic rings. The van der Waals surface area contributed by atoms with Crippen molar-refractivity contribution >= 4 is 17.4 Å². The molecule has 1 saturated carbocycles. The molecule has 18 heavy (non-hydrogen) atoms. The quantitative estimate of drug-likeness (QED) is 0.825. The van der Waals surface area contributed by atoms with Crippen LogP contribution in [0.15, 0.2) is 18.2 Å². The number of ether oxygens (including phenoxy) is 1. The molecule has 0 aromatic heterocycles. The molecule has 4 nitrogen and oxygen atoms in total. The maximum absolute atomic E-state index is 11.2. The molecular formula is C14H15NO3. The Bertz CT molecular complexity index is 500. The molecule has 0 spiro atoms. The highest BCUT2D eigenvalue weighted by molar-refractivity contribution is 5.95. The average molecular weight is 245 g/mol. The van der Waals surface area contributed by atoms with Gasteiger partial charge in [-0.1, -0.05) is 6.07 Å². The maximum atomic E-state index is 11.2. The highest BCUT2D eigenvalue weighted by Gasteiger charge is 2.22. The number of fused-ring (bicyclic) bond motifs is 1. The zero-order valence-electron chi connectivity index (χ0n) is 10.1. The number of nitrogens with one attached hydrogen (secondary N) is 1. The van der Waals surface area contributed by atoms with Crippen LogP contribution in [0, 0.1) is 0 Å². The van der Waals surface area contributed by atoms with Gasteiger partial charge in [0.2, 0.25) is 0 Å². The molecule has 1 heterocycles. The molecule has 1 aromatic carbocycles. The van der Waals surface area contributed by atoms with Crippen LogP contribution in [0.2, 0.25) is 0 Å². The van der Waals surface area contributed by atoms with Crippen LogP contribution in [-0.2, 0) is 9.59 Å². The Kier molecular flexibility index (Phi) is 2.78. The minimum atomic E-state index is -0.112. The Morgan fingerprint density at radius 1 is 1.17 bits per heavy atom. The van der Waals surface area contributed by atoms with Crippen molar-refractivity contribution in [2.45, 2.75) is 31.6 Å². The van der Waals surface area contributed by atoms with E-state index in [4.69, 9.17) is 4.74 Å². The Morgan fingerprint density at radius 2 is 1.94 bits per heavy atom. The number of rotatable bonds is 1. The highest BCUT2D eigenvalue weighted by Crippen LogP contribution is 2.36. The molecule has 1 aliphatic carbocycles. The summed E-state index contributed by atoms with van der Waals surface area (Å²) in [6.07, 6.45) is 3.20. The summed E-state index contributed by atoms with van der Waals surface area (Å²) < 4.78 is 5.41. The van der Waals surface area contributed by atoms with E-state index in [1.54, 1.807) is 0 Å². The first-order chi connectivity index (χ1) is 8.72. The van der Waals surface area contributed by atoms with Gasteiger partial charge in [0.05, 0.1) is 5.69 Å². The van der Waals surface area contributed by atoms with E-state index in [9.17, 15) is 9.59 Å². The number of ketones is 1. The predicted molar refractivity (Wildman–Crippen MR) is 66.8 cm³/mol. The third-order valence-corrected chi connectivity index (χ3v) is 3.65. The first kappa shape index (κ1) is 11.3. The van der Waals surface area contributed by atoms with Crippen molar-refractivity contribution in [2.75, 3.05) is 11.9 Å². The van der Waals surface area contributed by atoms with E-state index in [0.717, 1.165) is 24.3 Å². The van der Waals surface area contributed by atoms with Crippen molar-refractivity contribution in [1.29, 1.82) is 0 Å². The van der Waals surface area contributed by atoms with E-state index >= 15 is 0 Å². The summed E-state index contributed by atoms with van der Waals surface area (Å²) in [5, 5.41) is 2.78. The molecule has 0 unspecified atom stereocenters. The molecule has 1 amide bonds. The second-order valence-electron chi connectivity index (χ2n) is 4.91. The summed E-state index contributed by atoms with van der Waals surface area (Å²) in [7, 11) is 0. The van der Waals surface area contributed by atoms with Gasteiger partial charge in [-0.05, 0) is 36.5 Å². The minimum Gasteiger partial charge on any atom is -0.482 e. The van der Waals surface area contributed by atoms with Gasteiger partial charge in [0, 0.05) is 12.8 Å². The lowest BCUT2D eigenvalue weighted by Gasteiger charge is -2.24. The van der Waals surface area contributed by atoms with E-state index in [-0.39, 0.29) is 12.5 Å². The molecular weight excluding hydrogens is 230 g/mol. The molecule has 1 N–H and O–H groups in total. The molecule has 1 aliphatic heterocycles. The van der Waals surface area contributed by atoms with Crippen molar-refractivity contribution in [2.24, 2.45) is 0 Å². The lowest BCUT2D eigenvalue weighted by molar-refractivity contribution is -0.120. The first-order valence-corrected chi connectivity index (χ1v) is 6.30. The third kappa shape index (κ3) is 2.10. The molecule has 3 rings (SSSR count). The van der Waals surface area contributed by atoms with Crippen LogP contribution in [0.4, 0.5) is 5.69 Å². The molecule has 1 aromatic rings. The average Bonchev–Trinajstić information content (AvgIpc) is 2.39. The van der Waals surface area contributed by atoms with Crippen LogP contribution < -0.4 is 10.1 Å². The number of anilines is 1. The SMILES string of the molecule is O=C1CCC(c2ccc3c(c2)OCC(=O)N3)CC1. The van der Waals surface area contributed by atoms with Crippen LogP contribution in [0.3, 0.4) is 0 Å². The van der Waals surface area contributed by atoms with Crippen LogP contribution >= 0.6 is 0 Å². The number of amides is 1. The Balaban J connectivity index is 1.82. The van der Waals surface area contributed by atoms with Crippen LogP contribution in [-0.4, -0.2) is 18.3 Å². The summed E-state index contributed by atoms with van der Waals surface area (Å²) in [4.78, 5) is 22.4. The highest BCUT2D eigenvalue weighted by atomic mass is 16.5. The zero-order valence-corrected chi connectivity index (χ0v) is 10.1. The van der Waals surface area contributed by atoms with Gasteiger partial charge in [-0.25, -0.2) is 0 Å².